The van der Waals surface area contributed by atoms with Gasteiger partial charge in [-0.05, 0) is 26.2 Å². The summed E-state index contributed by atoms with van der Waals surface area (Å²) in [5, 5.41) is 1.09. The van der Waals surface area contributed by atoms with Gasteiger partial charge in [0, 0.05) is 12.0 Å². The lowest BCUT2D eigenvalue weighted by atomic mass is 9.75. The van der Waals surface area contributed by atoms with Crippen LogP contribution in [0.1, 0.15) is 35.3 Å². The van der Waals surface area contributed by atoms with Gasteiger partial charge in [0.15, 0.2) is 0 Å². The van der Waals surface area contributed by atoms with Gasteiger partial charge in [0.05, 0.1) is 17.3 Å². The molecule has 2 rings (SSSR count). The molecule has 1 aliphatic rings. The van der Waals surface area contributed by atoms with Crippen molar-refractivity contribution in [1.82, 2.24) is 4.98 Å². The first kappa shape index (κ1) is 11.0. The lowest BCUT2D eigenvalue weighted by molar-refractivity contribution is -0.0163. The predicted molar refractivity (Wildman–Crippen MR) is 62.1 cm³/mol. The highest BCUT2D eigenvalue weighted by atomic mass is 32.1. The Morgan fingerprint density at radius 1 is 1.60 bits per heavy atom. The molecular weight excluding hydrogens is 208 g/mol. The third kappa shape index (κ3) is 1.82. The van der Waals surface area contributed by atoms with Crippen molar-refractivity contribution in [3.05, 3.63) is 15.6 Å². The van der Waals surface area contributed by atoms with Crippen molar-refractivity contribution in [3.63, 3.8) is 0 Å². The Labute approximate surface area is 94.7 Å². The maximum atomic E-state index is 6.29. The van der Waals surface area contributed by atoms with Crippen molar-refractivity contribution >= 4 is 11.3 Å². The monoisotopic (exact) mass is 226 g/mol. The molecule has 0 atom stereocenters. The number of aryl methyl sites for hydroxylation is 2. The predicted octanol–water partition coefficient (Wildman–Crippen LogP) is 1.98. The summed E-state index contributed by atoms with van der Waals surface area (Å²) in [6, 6.07) is 0. The molecule has 84 valence electrons. The van der Waals surface area contributed by atoms with Crippen LogP contribution >= 0.6 is 11.3 Å². The minimum Gasteiger partial charge on any atom is -0.381 e. The van der Waals surface area contributed by atoms with Crippen LogP contribution in [0.4, 0.5) is 0 Å². The molecule has 1 fully saturated rings. The average molecular weight is 226 g/mol. The van der Waals surface area contributed by atoms with Crippen molar-refractivity contribution in [2.75, 3.05) is 7.11 Å². The summed E-state index contributed by atoms with van der Waals surface area (Å²) in [4.78, 5) is 5.93. The van der Waals surface area contributed by atoms with E-state index in [1.165, 1.54) is 10.6 Å². The van der Waals surface area contributed by atoms with E-state index in [0.29, 0.717) is 6.10 Å². The quantitative estimate of drug-likeness (QED) is 0.857. The van der Waals surface area contributed by atoms with E-state index in [4.69, 9.17) is 10.5 Å². The molecule has 1 saturated carbocycles. The largest absolute Gasteiger partial charge is 0.381 e. The van der Waals surface area contributed by atoms with Gasteiger partial charge in [-0.3, -0.25) is 0 Å². The molecule has 0 aliphatic heterocycles. The average Bonchev–Trinajstić information content (AvgIpc) is 2.55. The molecular formula is C11H18N2OS. The second-order valence-electron chi connectivity index (χ2n) is 4.30. The van der Waals surface area contributed by atoms with Gasteiger partial charge in [0.25, 0.3) is 0 Å². The molecule has 0 amide bonds. The molecule has 1 aromatic heterocycles. The highest BCUT2D eigenvalue weighted by Gasteiger charge is 2.45. The zero-order valence-corrected chi connectivity index (χ0v) is 10.4. The molecule has 3 nitrogen and oxygen atoms in total. The van der Waals surface area contributed by atoms with Crippen LogP contribution in [0.5, 0.6) is 0 Å². The summed E-state index contributed by atoms with van der Waals surface area (Å²) in [5.41, 5.74) is 7.27. The number of ether oxygens (including phenoxy) is 1. The minimum absolute atomic E-state index is 0.219. The Morgan fingerprint density at radius 2 is 2.27 bits per heavy atom. The van der Waals surface area contributed by atoms with E-state index in [0.717, 1.165) is 24.3 Å². The van der Waals surface area contributed by atoms with Crippen LogP contribution < -0.4 is 5.73 Å². The number of thiazole rings is 1. The Hall–Kier alpha value is -0.450. The third-order valence-corrected chi connectivity index (χ3v) is 4.40. The number of rotatable bonds is 3. The van der Waals surface area contributed by atoms with Gasteiger partial charge in [-0.15, -0.1) is 11.3 Å². The van der Waals surface area contributed by atoms with Gasteiger partial charge in [-0.2, -0.15) is 0 Å². The maximum absolute atomic E-state index is 6.29. The summed E-state index contributed by atoms with van der Waals surface area (Å²) >= 11 is 1.74. The topological polar surface area (TPSA) is 48.1 Å². The number of hydrogen-bond donors (Lipinski definition) is 1. The summed E-state index contributed by atoms with van der Waals surface area (Å²) in [6.07, 6.45) is 3.12. The van der Waals surface area contributed by atoms with Crippen LogP contribution in [0.2, 0.25) is 0 Å². The smallest absolute Gasteiger partial charge is 0.113 e. The van der Waals surface area contributed by atoms with Crippen molar-refractivity contribution < 1.29 is 4.74 Å². The molecule has 0 aromatic carbocycles. The van der Waals surface area contributed by atoms with Gasteiger partial charge >= 0.3 is 0 Å². The molecule has 4 heteroatoms. The summed E-state index contributed by atoms with van der Waals surface area (Å²) in [6.45, 7) is 4.25. The van der Waals surface area contributed by atoms with Crippen LogP contribution in [0, 0.1) is 6.92 Å². The van der Waals surface area contributed by atoms with Crippen LogP contribution in [-0.4, -0.2) is 18.2 Å². The zero-order valence-electron chi connectivity index (χ0n) is 9.54. The van der Waals surface area contributed by atoms with Gasteiger partial charge < -0.3 is 10.5 Å². The lowest BCUT2D eigenvalue weighted by Gasteiger charge is -2.42. The van der Waals surface area contributed by atoms with Crippen LogP contribution in [0.25, 0.3) is 0 Å². The SMILES string of the molecule is CCc1nc(C2(N)CC(OC)C2)sc1C. The fraction of sp³-hybridized carbons (Fsp3) is 0.727. The van der Waals surface area contributed by atoms with Crippen molar-refractivity contribution in [1.29, 1.82) is 0 Å². The van der Waals surface area contributed by atoms with Crippen LogP contribution in [0.15, 0.2) is 0 Å². The molecule has 0 saturated heterocycles. The molecule has 0 bridgehead atoms. The first-order chi connectivity index (χ1) is 7.09. The number of hydrogen-bond acceptors (Lipinski definition) is 4. The molecule has 0 spiro atoms. The van der Waals surface area contributed by atoms with E-state index in [-0.39, 0.29) is 5.54 Å². The molecule has 1 aliphatic carbocycles. The van der Waals surface area contributed by atoms with Crippen LogP contribution in [0.3, 0.4) is 0 Å². The highest BCUT2D eigenvalue weighted by molar-refractivity contribution is 7.11. The highest BCUT2D eigenvalue weighted by Crippen LogP contribution is 2.42. The summed E-state index contributed by atoms with van der Waals surface area (Å²) < 4.78 is 5.26. The molecule has 2 N–H and O–H groups in total. The second kappa shape index (κ2) is 3.85. The normalized spacial score (nSPS) is 30.3. The van der Waals surface area contributed by atoms with E-state index in [1.807, 2.05) is 0 Å². The zero-order chi connectivity index (χ0) is 11.1. The fourth-order valence-corrected chi connectivity index (χ4v) is 3.19. The molecule has 1 aromatic rings. The van der Waals surface area contributed by atoms with E-state index < -0.39 is 0 Å². The number of methoxy groups -OCH3 is 1. The Morgan fingerprint density at radius 3 is 2.73 bits per heavy atom. The lowest BCUT2D eigenvalue weighted by Crippen LogP contribution is -2.52. The molecule has 1 heterocycles. The standard InChI is InChI=1S/C11H18N2OS/c1-4-9-7(2)15-10(13-9)11(12)5-8(6-11)14-3/h8H,4-6,12H2,1-3H3. The summed E-state index contributed by atoms with van der Waals surface area (Å²) in [5.74, 6) is 0. The summed E-state index contributed by atoms with van der Waals surface area (Å²) in [7, 11) is 1.74. The number of nitrogens with two attached hydrogens (primary N) is 1. The van der Waals surface area contributed by atoms with Crippen molar-refractivity contribution in [2.45, 2.75) is 44.8 Å². The molecule has 0 radical (unpaired) electrons. The van der Waals surface area contributed by atoms with Gasteiger partial charge in [-0.25, -0.2) is 4.98 Å². The Bertz CT molecular complexity index is 355. The van der Waals surface area contributed by atoms with Gasteiger partial charge in [-0.1, -0.05) is 6.92 Å². The van der Waals surface area contributed by atoms with E-state index >= 15 is 0 Å². The first-order valence-electron chi connectivity index (χ1n) is 5.37. The minimum atomic E-state index is -0.219. The van der Waals surface area contributed by atoms with E-state index in [9.17, 15) is 0 Å². The van der Waals surface area contributed by atoms with Crippen LogP contribution in [-0.2, 0) is 16.7 Å². The van der Waals surface area contributed by atoms with E-state index in [2.05, 4.69) is 18.8 Å². The second-order valence-corrected chi connectivity index (χ2v) is 5.50. The van der Waals surface area contributed by atoms with Gasteiger partial charge in [0.2, 0.25) is 0 Å². The molecule has 15 heavy (non-hydrogen) atoms. The third-order valence-electron chi connectivity index (χ3n) is 3.17. The first-order valence-corrected chi connectivity index (χ1v) is 6.19. The van der Waals surface area contributed by atoms with Crippen molar-refractivity contribution in [3.8, 4) is 0 Å². The Balaban J connectivity index is 2.16. The van der Waals surface area contributed by atoms with Crippen molar-refractivity contribution in [2.24, 2.45) is 5.73 Å². The van der Waals surface area contributed by atoms with Gasteiger partial charge in [0.1, 0.15) is 5.01 Å². The Kier molecular flexibility index (Phi) is 2.83. The maximum Gasteiger partial charge on any atom is 0.113 e. The molecule has 0 unspecified atom stereocenters. The number of nitrogens with zero attached hydrogens (tertiary/aromatic N) is 1. The van der Waals surface area contributed by atoms with E-state index in [1.54, 1.807) is 18.4 Å². The number of aromatic nitrogens is 1. The fourth-order valence-electron chi connectivity index (χ4n) is 2.06.